The number of benzene rings is 2. The SMILES string of the molecule is CCCOc1c(Cl)cc(C(=O)Nc2ccc(CCN3CCOCC3)cc2)cc1OC. The lowest BCUT2D eigenvalue weighted by Crippen LogP contribution is -2.37. The van der Waals surface area contributed by atoms with Crippen LogP contribution in [0.2, 0.25) is 5.02 Å². The first kappa shape index (κ1) is 22.4. The monoisotopic (exact) mass is 432 g/mol. The molecule has 1 aliphatic rings. The molecule has 2 aromatic carbocycles. The zero-order valence-corrected chi connectivity index (χ0v) is 18.3. The zero-order chi connectivity index (χ0) is 21.3. The second kappa shape index (κ2) is 11.2. The van der Waals surface area contributed by atoms with Crippen LogP contribution in [0, 0.1) is 0 Å². The van der Waals surface area contributed by atoms with E-state index in [1.54, 1.807) is 12.1 Å². The van der Waals surface area contributed by atoms with Crippen molar-refractivity contribution >= 4 is 23.2 Å². The smallest absolute Gasteiger partial charge is 0.255 e. The van der Waals surface area contributed by atoms with Crippen LogP contribution in [0.5, 0.6) is 11.5 Å². The molecule has 1 aliphatic heterocycles. The lowest BCUT2D eigenvalue weighted by Gasteiger charge is -2.26. The topological polar surface area (TPSA) is 60.0 Å². The summed E-state index contributed by atoms with van der Waals surface area (Å²) in [4.78, 5) is 15.1. The molecule has 1 N–H and O–H groups in total. The van der Waals surface area contributed by atoms with Crippen LogP contribution in [0.3, 0.4) is 0 Å². The number of carbonyl (C=O) groups is 1. The van der Waals surface area contributed by atoms with Crippen molar-refractivity contribution in [2.45, 2.75) is 19.8 Å². The van der Waals surface area contributed by atoms with Gasteiger partial charge in [-0.2, -0.15) is 0 Å². The van der Waals surface area contributed by atoms with E-state index in [1.165, 1.54) is 12.7 Å². The first-order valence-corrected chi connectivity index (χ1v) is 10.7. The Bertz CT molecular complexity index is 836. The number of anilines is 1. The van der Waals surface area contributed by atoms with Gasteiger partial charge in [-0.25, -0.2) is 0 Å². The molecule has 0 atom stereocenters. The number of nitrogens with one attached hydrogen (secondary N) is 1. The highest BCUT2D eigenvalue weighted by Gasteiger charge is 2.16. The van der Waals surface area contributed by atoms with E-state index in [2.05, 4.69) is 10.2 Å². The average Bonchev–Trinajstić information content (AvgIpc) is 2.78. The molecule has 162 valence electrons. The van der Waals surface area contributed by atoms with Crippen LogP contribution in [0.4, 0.5) is 5.69 Å². The molecule has 1 fully saturated rings. The van der Waals surface area contributed by atoms with E-state index in [-0.39, 0.29) is 5.91 Å². The van der Waals surface area contributed by atoms with Crippen LogP contribution < -0.4 is 14.8 Å². The molecule has 0 unspecified atom stereocenters. The number of ether oxygens (including phenoxy) is 3. The minimum atomic E-state index is -0.252. The van der Waals surface area contributed by atoms with E-state index in [9.17, 15) is 4.79 Å². The first-order chi connectivity index (χ1) is 14.6. The lowest BCUT2D eigenvalue weighted by atomic mass is 10.1. The van der Waals surface area contributed by atoms with Crippen molar-refractivity contribution in [3.8, 4) is 11.5 Å². The quantitative estimate of drug-likeness (QED) is 0.641. The van der Waals surface area contributed by atoms with Crippen LogP contribution in [0.25, 0.3) is 0 Å². The largest absolute Gasteiger partial charge is 0.493 e. The standard InChI is InChI=1S/C23H29ClN2O4/c1-3-12-30-22-20(24)15-18(16-21(22)28-2)23(27)25-19-6-4-17(5-7-19)8-9-26-10-13-29-14-11-26/h4-7,15-16H,3,8-14H2,1-2H3,(H,25,27). The number of rotatable bonds is 9. The summed E-state index contributed by atoms with van der Waals surface area (Å²) in [7, 11) is 1.53. The molecule has 7 heteroatoms. The third-order valence-electron chi connectivity index (χ3n) is 4.97. The van der Waals surface area contributed by atoms with Gasteiger partial charge in [-0.3, -0.25) is 9.69 Å². The molecule has 30 heavy (non-hydrogen) atoms. The first-order valence-electron chi connectivity index (χ1n) is 10.3. The van der Waals surface area contributed by atoms with Crippen molar-refractivity contribution < 1.29 is 19.0 Å². The summed E-state index contributed by atoms with van der Waals surface area (Å²) < 4.78 is 16.4. The van der Waals surface area contributed by atoms with Crippen LogP contribution in [-0.2, 0) is 11.2 Å². The molecule has 2 aromatic rings. The Kier molecular flexibility index (Phi) is 8.37. The molecule has 1 saturated heterocycles. The minimum Gasteiger partial charge on any atom is -0.493 e. The van der Waals surface area contributed by atoms with E-state index < -0.39 is 0 Å². The molecule has 0 aromatic heterocycles. The highest BCUT2D eigenvalue weighted by atomic mass is 35.5. The molecular weight excluding hydrogens is 404 g/mol. The fraction of sp³-hybridized carbons (Fsp3) is 0.435. The maximum Gasteiger partial charge on any atom is 0.255 e. The summed E-state index contributed by atoms with van der Waals surface area (Å²) in [5, 5.41) is 3.26. The van der Waals surface area contributed by atoms with Gasteiger partial charge < -0.3 is 19.5 Å². The second-order valence-electron chi connectivity index (χ2n) is 7.19. The molecule has 0 bridgehead atoms. The predicted molar refractivity (Wildman–Crippen MR) is 119 cm³/mol. The Morgan fingerprint density at radius 3 is 2.60 bits per heavy atom. The molecule has 0 radical (unpaired) electrons. The molecule has 6 nitrogen and oxygen atoms in total. The van der Waals surface area contributed by atoms with E-state index >= 15 is 0 Å². The van der Waals surface area contributed by atoms with Crippen LogP contribution in [0.15, 0.2) is 36.4 Å². The minimum absolute atomic E-state index is 0.252. The molecule has 1 heterocycles. The zero-order valence-electron chi connectivity index (χ0n) is 17.6. The van der Waals surface area contributed by atoms with Crippen molar-refractivity contribution in [3.05, 3.63) is 52.5 Å². The van der Waals surface area contributed by atoms with Gasteiger partial charge in [-0.15, -0.1) is 0 Å². The van der Waals surface area contributed by atoms with E-state index in [0.29, 0.717) is 28.7 Å². The normalized spacial score (nSPS) is 14.4. The third kappa shape index (κ3) is 6.11. The van der Waals surface area contributed by atoms with Gasteiger partial charge >= 0.3 is 0 Å². The van der Waals surface area contributed by atoms with Gasteiger partial charge in [0.15, 0.2) is 11.5 Å². The fourth-order valence-corrected chi connectivity index (χ4v) is 3.53. The molecule has 1 amide bonds. The van der Waals surface area contributed by atoms with Gasteiger partial charge in [0.05, 0.1) is 32.0 Å². The number of hydrogen-bond donors (Lipinski definition) is 1. The van der Waals surface area contributed by atoms with Crippen LogP contribution >= 0.6 is 11.6 Å². The summed E-state index contributed by atoms with van der Waals surface area (Å²) >= 11 is 6.32. The molecular formula is C23H29ClN2O4. The Balaban J connectivity index is 1.60. The Hall–Kier alpha value is -2.28. The number of halogens is 1. The average molecular weight is 433 g/mol. The van der Waals surface area contributed by atoms with Gasteiger partial charge in [0.25, 0.3) is 5.91 Å². The van der Waals surface area contributed by atoms with Crippen molar-refractivity contribution in [1.29, 1.82) is 0 Å². The molecule has 0 spiro atoms. The fourth-order valence-electron chi connectivity index (χ4n) is 3.27. The van der Waals surface area contributed by atoms with E-state index in [0.717, 1.165) is 51.4 Å². The number of hydrogen-bond acceptors (Lipinski definition) is 5. The number of amides is 1. The Morgan fingerprint density at radius 1 is 1.20 bits per heavy atom. The van der Waals surface area contributed by atoms with Crippen molar-refractivity contribution in [2.24, 2.45) is 0 Å². The van der Waals surface area contributed by atoms with Crippen molar-refractivity contribution in [2.75, 3.05) is 51.9 Å². The van der Waals surface area contributed by atoms with Crippen molar-refractivity contribution in [3.63, 3.8) is 0 Å². The van der Waals surface area contributed by atoms with Gasteiger partial charge in [-0.05, 0) is 42.7 Å². The molecule has 3 rings (SSSR count). The van der Waals surface area contributed by atoms with E-state index in [4.69, 9.17) is 25.8 Å². The number of nitrogens with zero attached hydrogens (tertiary/aromatic N) is 1. The summed E-state index contributed by atoms with van der Waals surface area (Å²) in [6.07, 6.45) is 1.82. The molecule has 0 saturated carbocycles. The maximum absolute atomic E-state index is 12.7. The predicted octanol–water partition coefficient (Wildman–Crippen LogP) is 4.26. The van der Waals surface area contributed by atoms with Crippen molar-refractivity contribution in [1.82, 2.24) is 4.90 Å². The van der Waals surface area contributed by atoms with Crippen LogP contribution in [-0.4, -0.2) is 57.4 Å². The summed E-state index contributed by atoms with van der Waals surface area (Å²) in [6.45, 7) is 7.15. The number of carbonyl (C=O) groups excluding carboxylic acids is 1. The van der Waals surface area contributed by atoms with Crippen LogP contribution in [0.1, 0.15) is 29.3 Å². The highest BCUT2D eigenvalue weighted by Crippen LogP contribution is 2.36. The Labute approximate surface area is 183 Å². The summed E-state index contributed by atoms with van der Waals surface area (Å²) in [6, 6.07) is 11.2. The summed E-state index contributed by atoms with van der Waals surface area (Å²) in [5.41, 5.74) is 2.38. The Morgan fingerprint density at radius 2 is 1.93 bits per heavy atom. The van der Waals surface area contributed by atoms with E-state index in [1.807, 2.05) is 31.2 Å². The maximum atomic E-state index is 12.7. The highest BCUT2D eigenvalue weighted by molar-refractivity contribution is 6.32. The number of morpholine rings is 1. The summed E-state index contributed by atoms with van der Waals surface area (Å²) in [5.74, 6) is 0.653. The van der Waals surface area contributed by atoms with Gasteiger partial charge in [-0.1, -0.05) is 30.7 Å². The van der Waals surface area contributed by atoms with Gasteiger partial charge in [0, 0.05) is 30.9 Å². The lowest BCUT2D eigenvalue weighted by molar-refractivity contribution is 0.0384. The third-order valence-corrected chi connectivity index (χ3v) is 5.26. The van der Waals surface area contributed by atoms with Gasteiger partial charge in [0.2, 0.25) is 0 Å². The second-order valence-corrected chi connectivity index (χ2v) is 7.60. The number of methoxy groups -OCH3 is 1. The molecule has 0 aliphatic carbocycles. The van der Waals surface area contributed by atoms with Gasteiger partial charge in [0.1, 0.15) is 0 Å².